The highest BCUT2D eigenvalue weighted by molar-refractivity contribution is 14.1. The summed E-state index contributed by atoms with van der Waals surface area (Å²) in [6.45, 7) is 2.89. The molecule has 3 rings (SSSR count). The zero-order valence-electron chi connectivity index (χ0n) is 15.4. The Bertz CT molecular complexity index is 882. The molecule has 0 heterocycles. The van der Waals surface area contributed by atoms with Crippen LogP contribution in [0.4, 0.5) is 0 Å². The van der Waals surface area contributed by atoms with Crippen molar-refractivity contribution >= 4 is 33.7 Å². The van der Waals surface area contributed by atoms with Crippen LogP contribution in [0.3, 0.4) is 0 Å². The minimum absolute atomic E-state index is 0.276. The zero-order chi connectivity index (χ0) is 19.1. The van der Waals surface area contributed by atoms with Gasteiger partial charge < -0.3 is 9.84 Å². The standard InChI is InChI=1S/C24H23IO2/c1-2-23(18-6-4-3-5-7-18)24(19-8-12-21(26)13-9-19)20-10-14-22(15-11-20)27-17-16-25/h3-15,26H,2,16-17H2,1H3/b24-23-. The minimum atomic E-state index is 0.276. The molecule has 3 aromatic rings. The van der Waals surface area contributed by atoms with E-state index in [1.54, 1.807) is 12.1 Å². The lowest BCUT2D eigenvalue weighted by Gasteiger charge is -2.17. The molecule has 3 aromatic carbocycles. The molecule has 1 N–H and O–H groups in total. The highest BCUT2D eigenvalue weighted by atomic mass is 127. The summed E-state index contributed by atoms with van der Waals surface area (Å²) in [4.78, 5) is 0. The van der Waals surface area contributed by atoms with Gasteiger partial charge in [0.25, 0.3) is 0 Å². The number of benzene rings is 3. The van der Waals surface area contributed by atoms with Gasteiger partial charge in [-0.3, -0.25) is 0 Å². The molecule has 0 aliphatic carbocycles. The van der Waals surface area contributed by atoms with Crippen molar-refractivity contribution in [1.82, 2.24) is 0 Å². The minimum Gasteiger partial charge on any atom is -0.508 e. The van der Waals surface area contributed by atoms with E-state index in [1.165, 1.54) is 16.7 Å². The van der Waals surface area contributed by atoms with E-state index in [2.05, 4.69) is 65.9 Å². The number of hydrogen-bond donors (Lipinski definition) is 1. The van der Waals surface area contributed by atoms with Gasteiger partial charge in [0.15, 0.2) is 0 Å². The SMILES string of the molecule is CC/C(=C(\c1ccc(O)cc1)c1ccc(OCCI)cc1)c1ccccc1. The molecule has 0 bridgehead atoms. The molecule has 0 aliphatic heterocycles. The number of ether oxygens (including phenoxy) is 1. The third kappa shape index (κ3) is 4.92. The lowest BCUT2D eigenvalue weighted by atomic mass is 9.88. The van der Waals surface area contributed by atoms with Gasteiger partial charge >= 0.3 is 0 Å². The van der Waals surface area contributed by atoms with E-state index in [1.807, 2.05) is 30.3 Å². The predicted molar refractivity (Wildman–Crippen MR) is 122 cm³/mol. The Morgan fingerprint density at radius 2 is 1.41 bits per heavy atom. The number of aromatic hydroxyl groups is 1. The second kappa shape index (κ2) is 9.60. The van der Waals surface area contributed by atoms with E-state index in [4.69, 9.17) is 4.74 Å². The van der Waals surface area contributed by atoms with Gasteiger partial charge in [-0.2, -0.15) is 0 Å². The first-order valence-electron chi connectivity index (χ1n) is 9.10. The quantitative estimate of drug-likeness (QED) is 0.240. The highest BCUT2D eigenvalue weighted by Crippen LogP contribution is 2.35. The molecule has 0 radical (unpaired) electrons. The maximum Gasteiger partial charge on any atom is 0.119 e. The summed E-state index contributed by atoms with van der Waals surface area (Å²) in [5.74, 6) is 1.16. The van der Waals surface area contributed by atoms with Crippen LogP contribution in [0.1, 0.15) is 30.0 Å². The molecular weight excluding hydrogens is 447 g/mol. The summed E-state index contributed by atoms with van der Waals surface area (Å²) in [5, 5.41) is 9.71. The van der Waals surface area contributed by atoms with Crippen LogP contribution in [0.2, 0.25) is 0 Å². The molecule has 2 nitrogen and oxygen atoms in total. The lowest BCUT2D eigenvalue weighted by molar-refractivity contribution is 0.346. The average molecular weight is 470 g/mol. The Kier molecular flexibility index (Phi) is 6.93. The molecule has 138 valence electrons. The molecule has 0 fully saturated rings. The van der Waals surface area contributed by atoms with E-state index < -0.39 is 0 Å². The molecule has 0 aliphatic rings. The van der Waals surface area contributed by atoms with Gasteiger partial charge in [-0.15, -0.1) is 0 Å². The van der Waals surface area contributed by atoms with Crippen LogP contribution in [0.25, 0.3) is 11.1 Å². The fourth-order valence-electron chi connectivity index (χ4n) is 3.18. The van der Waals surface area contributed by atoms with Crippen molar-refractivity contribution < 1.29 is 9.84 Å². The smallest absolute Gasteiger partial charge is 0.119 e. The zero-order valence-corrected chi connectivity index (χ0v) is 17.5. The molecule has 0 aromatic heterocycles. The topological polar surface area (TPSA) is 29.5 Å². The molecule has 0 amide bonds. The van der Waals surface area contributed by atoms with Crippen LogP contribution < -0.4 is 4.74 Å². The van der Waals surface area contributed by atoms with Gasteiger partial charge in [0.05, 0.1) is 6.61 Å². The molecule has 0 saturated carbocycles. The van der Waals surface area contributed by atoms with Gasteiger partial charge in [0.2, 0.25) is 0 Å². The second-order valence-corrected chi connectivity index (χ2v) is 7.26. The first kappa shape index (κ1) is 19.5. The summed E-state index contributed by atoms with van der Waals surface area (Å²) in [5.41, 5.74) is 5.91. The summed E-state index contributed by atoms with van der Waals surface area (Å²) in [6.07, 6.45) is 0.910. The van der Waals surface area contributed by atoms with Crippen LogP contribution >= 0.6 is 22.6 Å². The summed E-state index contributed by atoms with van der Waals surface area (Å²) >= 11 is 2.31. The van der Waals surface area contributed by atoms with Gasteiger partial charge in [-0.1, -0.05) is 84.1 Å². The summed E-state index contributed by atoms with van der Waals surface area (Å²) in [6, 6.07) is 26.2. The van der Waals surface area contributed by atoms with Crippen molar-refractivity contribution in [3.8, 4) is 11.5 Å². The van der Waals surface area contributed by atoms with Crippen molar-refractivity contribution in [3.05, 3.63) is 95.6 Å². The molecule has 0 atom stereocenters. The highest BCUT2D eigenvalue weighted by Gasteiger charge is 2.13. The average Bonchev–Trinajstić information content (AvgIpc) is 2.72. The van der Waals surface area contributed by atoms with Crippen molar-refractivity contribution in [2.75, 3.05) is 11.0 Å². The number of halogens is 1. The first-order valence-corrected chi connectivity index (χ1v) is 10.6. The maximum atomic E-state index is 9.71. The van der Waals surface area contributed by atoms with Crippen LogP contribution in [0.15, 0.2) is 78.9 Å². The number of phenolic OH excluding ortho intramolecular Hbond substituents is 1. The molecule has 0 spiro atoms. The largest absolute Gasteiger partial charge is 0.508 e. The molecule has 27 heavy (non-hydrogen) atoms. The van der Waals surface area contributed by atoms with Crippen molar-refractivity contribution in [1.29, 1.82) is 0 Å². The molecule has 3 heteroatoms. The first-order chi connectivity index (χ1) is 13.2. The fraction of sp³-hybridized carbons (Fsp3) is 0.167. The number of alkyl halides is 1. The van der Waals surface area contributed by atoms with E-state index >= 15 is 0 Å². The maximum absolute atomic E-state index is 9.71. The summed E-state index contributed by atoms with van der Waals surface area (Å²) in [7, 11) is 0. The Morgan fingerprint density at radius 1 is 0.815 bits per heavy atom. The van der Waals surface area contributed by atoms with Gasteiger partial charge in [0.1, 0.15) is 11.5 Å². The molecule has 0 saturated heterocycles. The third-order valence-electron chi connectivity index (χ3n) is 4.42. The van der Waals surface area contributed by atoms with E-state index in [0.29, 0.717) is 6.61 Å². The van der Waals surface area contributed by atoms with Crippen LogP contribution in [0.5, 0.6) is 11.5 Å². The number of allylic oxidation sites excluding steroid dienone is 1. The fourth-order valence-corrected chi connectivity index (χ4v) is 3.40. The van der Waals surface area contributed by atoms with Crippen molar-refractivity contribution in [2.24, 2.45) is 0 Å². The van der Waals surface area contributed by atoms with Crippen LogP contribution in [0, 0.1) is 0 Å². The Hall–Kier alpha value is -2.27. The van der Waals surface area contributed by atoms with E-state index in [9.17, 15) is 5.11 Å². The lowest BCUT2D eigenvalue weighted by Crippen LogP contribution is -1.98. The predicted octanol–water partition coefficient (Wildman–Crippen LogP) is 6.58. The van der Waals surface area contributed by atoms with Gasteiger partial charge in [-0.05, 0) is 58.5 Å². The van der Waals surface area contributed by atoms with Gasteiger partial charge in [0, 0.05) is 4.43 Å². The van der Waals surface area contributed by atoms with E-state index in [0.717, 1.165) is 27.7 Å². The van der Waals surface area contributed by atoms with Crippen LogP contribution in [-0.2, 0) is 0 Å². The number of rotatable bonds is 7. The normalized spacial score (nSPS) is 11.8. The summed E-state index contributed by atoms with van der Waals surface area (Å²) < 4.78 is 6.69. The Morgan fingerprint density at radius 3 is 1.96 bits per heavy atom. The van der Waals surface area contributed by atoms with E-state index in [-0.39, 0.29) is 5.75 Å². The molecular formula is C24H23IO2. The Balaban J connectivity index is 2.13. The number of phenols is 1. The van der Waals surface area contributed by atoms with Crippen molar-refractivity contribution in [2.45, 2.75) is 13.3 Å². The second-order valence-electron chi connectivity index (χ2n) is 6.18. The molecule has 0 unspecified atom stereocenters. The Labute approximate surface area is 174 Å². The van der Waals surface area contributed by atoms with Gasteiger partial charge in [-0.25, -0.2) is 0 Å². The number of hydrogen-bond acceptors (Lipinski definition) is 2. The van der Waals surface area contributed by atoms with Crippen molar-refractivity contribution in [3.63, 3.8) is 0 Å². The third-order valence-corrected chi connectivity index (χ3v) is 4.86. The van der Waals surface area contributed by atoms with Crippen LogP contribution in [-0.4, -0.2) is 16.1 Å². The monoisotopic (exact) mass is 470 g/mol.